The summed E-state index contributed by atoms with van der Waals surface area (Å²) in [6.07, 6.45) is 0.259. The molecule has 28 heavy (non-hydrogen) atoms. The number of rotatable bonds is 6. The summed E-state index contributed by atoms with van der Waals surface area (Å²) in [7, 11) is 0. The summed E-state index contributed by atoms with van der Waals surface area (Å²) < 4.78 is 5.23. The molecule has 4 rings (SSSR count). The van der Waals surface area contributed by atoms with Crippen LogP contribution in [0.2, 0.25) is 0 Å². The number of benzene rings is 2. The van der Waals surface area contributed by atoms with Gasteiger partial charge in [0.1, 0.15) is 0 Å². The molecule has 0 bridgehead atoms. The van der Waals surface area contributed by atoms with Crippen LogP contribution in [0.3, 0.4) is 0 Å². The van der Waals surface area contributed by atoms with Gasteiger partial charge in [0.15, 0.2) is 0 Å². The monoisotopic (exact) mass is 390 g/mol. The summed E-state index contributed by atoms with van der Waals surface area (Å²) in [4.78, 5) is 22.3. The average molecular weight is 390 g/mol. The second-order valence-corrected chi connectivity index (χ2v) is 7.49. The quantitative estimate of drug-likeness (QED) is 0.538. The molecule has 0 aliphatic heterocycles. The van der Waals surface area contributed by atoms with Crippen molar-refractivity contribution in [1.29, 1.82) is 0 Å². The molecule has 0 unspecified atom stereocenters. The molecule has 140 valence electrons. The van der Waals surface area contributed by atoms with Crippen LogP contribution in [-0.4, -0.2) is 21.0 Å². The van der Waals surface area contributed by atoms with Crippen LogP contribution in [0.15, 0.2) is 65.2 Å². The van der Waals surface area contributed by atoms with Crippen LogP contribution in [0.5, 0.6) is 0 Å². The Kier molecular flexibility index (Phi) is 5.25. The van der Waals surface area contributed by atoms with Crippen molar-refractivity contribution in [3.05, 3.63) is 76.4 Å². The van der Waals surface area contributed by atoms with E-state index in [1.165, 1.54) is 11.3 Å². The van der Waals surface area contributed by atoms with Gasteiger partial charge in [-0.05, 0) is 6.92 Å². The maximum atomic E-state index is 12.4. The Morgan fingerprint density at radius 1 is 1.00 bits per heavy atom. The molecule has 0 radical (unpaired) electrons. The first kappa shape index (κ1) is 18.1. The number of nitrogens with zero attached hydrogens (tertiary/aromatic N) is 3. The summed E-state index contributed by atoms with van der Waals surface area (Å²) in [5.74, 6) is 0.769. The fourth-order valence-electron chi connectivity index (χ4n) is 2.82. The molecule has 0 aliphatic rings. The number of aromatic nitrogens is 3. The number of carbonyl (C=O) groups excluding carboxylic acids is 1. The van der Waals surface area contributed by atoms with Crippen molar-refractivity contribution in [2.75, 3.05) is 0 Å². The lowest BCUT2D eigenvalue weighted by Gasteiger charge is -2.03. The second kappa shape index (κ2) is 8.14. The zero-order valence-electron chi connectivity index (χ0n) is 15.3. The molecule has 0 aliphatic carbocycles. The fraction of sp³-hybridized carbons (Fsp3) is 0.143. The number of hydrogen-bond acceptors (Lipinski definition) is 6. The Morgan fingerprint density at radius 2 is 1.68 bits per heavy atom. The van der Waals surface area contributed by atoms with Crippen molar-refractivity contribution in [2.24, 2.45) is 0 Å². The normalized spacial score (nSPS) is 10.8. The van der Waals surface area contributed by atoms with Crippen molar-refractivity contribution >= 4 is 17.2 Å². The van der Waals surface area contributed by atoms with E-state index in [0.717, 1.165) is 26.7 Å². The second-order valence-electron chi connectivity index (χ2n) is 6.20. The molecule has 0 saturated heterocycles. The van der Waals surface area contributed by atoms with Gasteiger partial charge in [-0.15, -0.1) is 11.3 Å². The standard InChI is InChI=1S/C21H18N4O2S/c1-14-23-20(15-8-4-2-5-9-15)17(28-14)12-18(26)22-13-19-24-21(25-27-19)16-10-6-3-7-11-16/h2-11H,12-13H2,1H3,(H,22,26). The molecule has 7 heteroatoms. The maximum Gasteiger partial charge on any atom is 0.246 e. The van der Waals surface area contributed by atoms with Gasteiger partial charge in [0.2, 0.25) is 17.6 Å². The summed E-state index contributed by atoms with van der Waals surface area (Å²) in [5.41, 5.74) is 2.75. The van der Waals surface area contributed by atoms with E-state index in [4.69, 9.17) is 4.52 Å². The molecule has 2 heterocycles. The van der Waals surface area contributed by atoms with E-state index in [1.54, 1.807) is 0 Å². The maximum absolute atomic E-state index is 12.4. The third-order valence-corrected chi connectivity index (χ3v) is 5.08. The van der Waals surface area contributed by atoms with Crippen molar-refractivity contribution in [3.63, 3.8) is 0 Å². The van der Waals surface area contributed by atoms with Gasteiger partial charge in [0, 0.05) is 16.0 Å². The van der Waals surface area contributed by atoms with Crippen molar-refractivity contribution in [1.82, 2.24) is 20.4 Å². The molecule has 2 aromatic carbocycles. The zero-order valence-corrected chi connectivity index (χ0v) is 16.1. The molecular formula is C21H18N4O2S. The van der Waals surface area contributed by atoms with Gasteiger partial charge < -0.3 is 9.84 Å². The molecule has 0 saturated carbocycles. The largest absolute Gasteiger partial charge is 0.347 e. The molecule has 1 N–H and O–H groups in total. The summed E-state index contributed by atoms with van der Waals surface area (Å²) in [5, 5.41) is 7.74. The topological polar surface area (TPSA) is 80.9 Å². The highest BCUT2D eigenvalue weighted by Crippen LogP contribution is 2.28. The third-order valence-electron chi connectivity index (χ3n) is 4.11. The molecule has 0 atom stereocenters. The smallest absolute Gasteiger partial charge is 0.246 e. The minimum Gasteiger partial charge on any atom is -0.347 e. The average Bonchev–Trinajstić information content (AvgIpc) is 3.34. The van der Waals surface area contributed by atoms with E-state index in [-0.39, 0.29) is 18.9 Å². The van der Waals surface area contributed by atoms with Crippen LogP contribution < -0.4 is 5.32 Å². The SMILES string of the molecule is Cc1nc(-c2ccccc2)c(CC(=O)NCc2nc(-c3ccccc3)no2)s1. The van der Waals surface area contributed by atoms with Crippen LogP contribution in [0.1, 0.15) is 15.8 Å². The molecule has 2 aromatic heterocycles. The number of hydrogen-bond donors (Lipinski definition) is 1. The lowest BCUT2D eigenvalue weighted by molar-refractivity contribution is -0.120. The molecule has 1 amide bonds. The molecule has 0 fully saturated rings. The van der Waals surface area contributed by atoms with Crippen molar-refractivity contribution in [2.45, 2.75) is 19.9 Å². The van der Waals surface area contributed by atoms with Crippen LogP contribution in [0.4, 0.5) is 0 Å². The molecular weight excluding hydrogens is 372 g/mol. The van der Waals surface area contributed by atoms with E-state index < -0.39 is 0 Å². The number of nitrogens with one attached hydrogen (secondary N) is 1. The van der Waals surface area contributed by atoms with Crippen LogP contribution in [0.25, 0.3) is 22.6 Å². The Hall–Kier alpha value is -3.32. The molecule has 0 spiro atoms. The Bertz CT molecular complexity index is 1070. The van der Waals surface area contributed by atoms with E-state index in [9.17, 15) is 4.79 Å². The minimum absolute atomic E-state index is 0.111. The highest BCUT2D eigenvalue weighted by atomic mass is 32.1. The van der Waals surface area contributed by atoms with Crippen LogP contribution in [-0.2, 0) is 17.8 Å². The lowest BCUT2D eigenvalue weighted by Crippen LogP contribution is -2.24. The summed E-state index contributed by atoms with van der Waals surface area (Å²) in [6.45, 7) is 2.14. The predicted molar refractivity (Wildman–Crippen MR) is 108 cm³/mol. The first-order valence-corrected chi connectivity index (χ1v) is 9.67. The number of amides is 1. The number of thiazole rings is 1. The highest BCUT2D eigenvalue weighted by molar-refractivity contribution is 7.12. The first-order chi connectivity index (χ1) is 13.7. The third kappa shape index (κ3) is 4.15. The van der Waals surface area contributed by atoms with Gasteiger partial charge in [0.05, 0.1) is 23.7 Å². The Labute approximate surface area is 166 Å². The van der Waals surface area contributed by atoms with Crippen LogP contribution >= 0.6 is 11.3 Å². The number of aryl methyl sites for hydroxylation is 1. The van der Waals surface area contributed by atoms with E-state index in [1.807, 2.05) is 67.6 Å². The summed E-state index contributed by atoms with van der Waals surface area (Å²) >= 11 is 1.54. The van der Waals surface area contributed by atoms with Gasteiger partial charge in [0.25, 0.3) is 0 Å². The van der Waals surface area contributed by atoms with E-state index in [2.05, 4.69) is 20.4 Å². The van der Waals surface area contributed by atoms with Gasteiger partial charge in [-0.1, -0.05) is 65.8 Å². The predicted octanol–water partition coefficient (Wildman–Crippen LogP) is 4.03. The van der Waals surface area contributed by atoms with Crippen molar-refractivity contribution in [3.8, 4) is 22.6 Å². The summed E-state index contributed by atoms with van der Waals surface area (Å²) in [6, 6.07) is 19.5. The minimum atomic E-state index is -0.111. The molecule has 6 nitrogen and oxygen atoms in total. The van der Waals surface area contributed by atoms with E-state index >= 15 is 0 Å². The number of carbonyl (C=O) groups is 1. The highest BCUT2D eigenvalue weighted by Gasteiger charge is 2.15. The van der Waals surface area contributed by atoms with Gasteiger partial charge >= 0.3 is 0 Å². The van der Waals surface area contributed by atoms with Gasteiger partial charge in [-0.2, -0.15) is 4.98 Å². The van der Waals surface area contributed by atoms with E-state index in [0.29, 0.717) is 11.7 Å². The van der Waals surface area contributed by atoms with Crippen molar-refractivity contribution < 1.29 is 9.32 Å². The van der Waals surface area contributed by atoms with Crippen LogP contribution in [0, 0.1) is 6.92 Å². The fourth-order valence-corrected chi connectivity index (χ4v) is 3.78. The lowest BCUT2D eigenvalue weighted by atomic mass is 10.1. The Morgan fingerprint density at radius 3 is 2.39 bits per heavy atom. The Balaban J connectivity index is 1.40. The zero-order chi connectivity index (χ0) is 19.3. The van der Waals surface area contributed by atoms with Gasteiger partial charge in [-0.3, -0.25) is 4.79 Å². The first-order valence-electron chi connectivity index (χ1n) is 8.85. The molecule has 4 aromatic rings. The van der Waals surface area contributed by atoms with Gasteiger partial charge in [-0.25, -0.2) is 4.98 Å².